The molecule has 3 heterocycles. The van der Waals surface area contributed by atoms with Crippen LogP contribution in [0.1, 0.15) is 50.0 Å². The van der Waals surface area contributed by atoms with E-state index >= 15 is 0 Å². The third-order valence-electron chi connectivity index (χ3n) is 7.70. The van der Waals surface area contributed by atoms with Crippen LogP contribution >= 0.6 is 0 Å². The number of carbonyl (C=O) groups excluding carboxylic acids is 1. The summed E-state index contributed by atoms with van der Waals surface area (Å²) in [5.74, 6) is 0.881. The summed E-state index contributed by atoms with van der Waals surface area (Å²) in [7, 11) is 0. The zero-order valence-corrected chi connectivity index (χ0v) is 18.2. The Morgan fingerprint density at radius 3 is 2.32 bits per heavy atom. The van der Waals surface area contributed by atoms with Crippen molar-refractivity contribution >= 4 is 5.91 Å². The molecule has 3 atom stereocenters. The number of carbonyl (C=O) groups is 1. The number of hydrogen-bond acceptors (Lipinski definition) is 4. The molecule has 2 aliphatic heterocycles. The smallest absolute Gasteiger partial charge is 0.225 e. The molecule has 1 saturated carbocycles. The molecule has 0 bridgehead atoms. The normalized spacial score (nSPS) is 27.3. The van der Waals surface area contributed by atoms with E-state index in [2.05, 4.69) is 39.0 Å². The lowest BCUT2D eigenvalue weighted by atomic mass is 9.74. The lowest BCUT2D eigenvalue weighted by Crippen LogP contribution is -2.68. The summed E-state index contributed by atoms with van der Waals surface area (Å²) in [5, 5.41) is 10.2. The molecule has 0 spiro atoms. The Labute approximate surface area is 185 Å². The summed E-state index contributed by atoms with van der Waals surface area (Å²) >= 11 is 0. The van der Waals surface area contributed by atoms with Crippen LogP contribution in [-0.4, -0.2) is 64.1 Å². The van der Waals surface area contributed by atoms with Crippen LogP contribution in [0.3, 0.4) is 0 Å². The molecule has 3 aliphatic rings. The molecule has 5 heteroatoms. The first kappa shape index (κ1) is 20.7. The highest BCUT2D eigenvalue weighted by Crippen LogP contribution is 2.42. The molecule has 2 saturated heterocycles. The average molecular weight is 420 g/mol. The summed E-state index contributed by atoms with van der Waals surface area (Å²) in [6.07, 6.45) is 10.3. The minimum Gasteiger partial charge on any atom is -0.395 e. The lowest BCUT2D eigenvalue weighted by molar-refractivity contribution is -0.140. The highest BCUT2D eigenvalue weighted by atomic mass is 16.3. The lowest BCUT2D eigenvalue weighted by Gasteiger charge is -2.57. The van der Waals surface area contributed by atoms with Gasteiger partial charge < -0.3 is 10.0 Å². The van der Waals surface area contributed by atoms with Crippen LogP contribution in [0.25, 0.3) is 11.1 Å². The van der Waals surface area contributed by atoms with E-state index in [0.717, 1.165) is 50.9 Å². The van der Waals surface area contributed by atoms with E-state index < -0.39 is 0 Å². The van der Waals surface area contributed by atoms with Crippen molar-refractivity contribution in [3.8, 4) is 11.1 Å². The first-order valence-corrected chi connectivity index (χ1v) is 11.9. The van der Waals surface area contributed by atoms with Crippen molar-refractivity contribution in [1.82, 2.24) is 14.8 Å². The van der Waals surface area contributed by atoms with Gasteiger partial charge in [-0.2, -0.15) is 0 Å². The fraction of sp³-hybridized carbons (Fsp3) is 0.538. The summed E-state index contributed by atoms with van der Waals surface area (Å²) in [5.41, 5.74) is 3.61. The summed E-state index contributed by atoms with van der Waals surface area (Å²) in [6, 6.07) is 13.3. The molecule has 1 aromatic carbocycles. The number of hydrogen-bond donors (Lipinski definition) is 1. The molecule has 3 fully saturated rings. The van der Waals surface area contributed by atoms with Gasteiger partial charge in [-0.15, -0.1) is 0 Å². The van der Waals surface area contributed by atoms with Gasteiger partial charge in [0.25, 0.3) is 0 Å². The van der Waals surface area contributed by atoms with Crippen LogP contribution in [0.4, 0.5) is 0 Å². The fourth-order valence-electron chi connectivity index (χ4n) is 6.01. The van der Waals surface area contributed by atoms with E-state index in [9.17, 15) is 9.90 Å². The van der Waals surface area contributed by atoms with Crippen LogP contribution in [-0.2, 0) is 4.79 Å². The first-order valence-electron chi connectivity index (χ1n) is 11.9. The minimum atomic E-state index is 0.151. The molecule has 1 N–H and O–H groups in total. The van der Waals surface area contributed by atoms with Crippen molar-refractivity contribution in [3.05, 3.63) is 54.4 Å². The third-order valence-corrected chi connectivity index (χ3v) is 7.70. The van der Waals surface area contributed by atoms with Crippen LogP contribution in [0, 0.1) is 5.92 Å². The van der Waals surface area contributed by atoms with Gasteiger partial charge in [0.15, 0.2) is 0 Å². The quantitative estimate of drug-likeness (QED) is 0.821. The maximum atomic E-state index is 13.2. The van der Waals surface area contributed by atoms with Crippen molar-refractivity contribution in [2.24, 2.45) is 5.92 Å². The number of amides is 1. The second-order valence-electron chi connectivity index (χ2n) is 9.41. The number of fused-ring (bicyclic) bond motifs is 1. The van der Waals surface area contributed by atoms with Gasteiger partial charge in [-0.25, -0.2) is 0 Å². The van der Waals surface area contributed by atoms with Gasteiger partial charge in [0, 0.05) is 49.4 Å². The maximum absolute atomic E-state index is 13.2. The molecule has 2 aromatic rings. The number of benzene rings is 1. The standard InChI is InChI=1S/C26H33N3O2/c30-18-24-25(21-9-7-19(8-10-21)20-11-13-27-14-12-20)23-17-28(15-3-4-16-29(23)24)26(31)22-5-1-2-6-22/h7-14,22-25,30H,1-6,15-18H2/t23-,24-,25-/m0/s1. The molecule has 1 amide bonds. The molecule has 1 aromatic heterocycles. The molecule has 0 radical (unpaired) electrons. The molecule has 164 valence electrons. The van der Waals surface area contributed by atoms with E-state index in [1.807, 2.05) is 24.5 Å². The Hall–Kier alpha value is -2.24. The second-order valence-corrected chi connectivity index (χ2v) is 9.41. The largest absolute Gasteiger partial charge is 0.395 e. The highest BCUT2D eigenvalue weighted by molar-refractivity contribution is 5.79. The van der Waals surface area contributed by atoms with Crippen LogP contribution < -0.4 is 0 Å². The second kappa shape index (κ2) is 9.09. The van der Waals surface area contributed by atoms with Crippen molar-refractivity contribution in [2.45, 2.75) is 56.5 Å². The predicted octanol–water partition coefficient (Wildman–Crippen LogP) is 3.69. The van der Waals surface area contributed by atoms with Gasteiger partial charge in [0.1, 0.15) is 0 Å². The Kier molecular flexibility index (Phi) is 6.06. The molecule has 5 nitrogen and oxygen atoms in total. The number of rotatable bonds is 4. The van der Waals surface area contributed by atoms with Gasteiger partial charge in [-0.1, -0.05) is 37.1 Å². The van der Waals surface area contributed by atoms with Gasteiger partial charge in [-0.05, 0) is 61.1 Å². The van der Waals surface area contributed by atoms with Crippen LogP contribution in [0.15, 0.2) is 48.8 Å². The highest BCUT2D eigenvalue weighted by Gasteiger charge is 2.49. The number of aliphatic hydroxyl groups is 1. The third kappa shape index (κ3) is 4.01. The summed E-state index contributed by atoms with van der Waals surface area (Å²) in [4.78, 5) is 21.9. The Balaban J connectivity index is 1.36. The van der Waals surface area contributed by atoms with Crippen molar-refractivity contribution in [3.63, 3.8) is 0 Å². The number of aromatic nitrogens is 1. The molecule has 0 unspecified atom stereocenters. The number of nitrogens with zero attached hydrogens (tertiary/aromatic N) is 3. The number of pyridine rings is 1. The van der Waals surface area contributed by atoms with Gasteiger partial charge in [0.05, 0.1) is 6.61 Å². The Bertz CT molecular complexity index is 879. The number of aliphatic hydroxyl groups excluding tert-OH is 1. The molecule has 5 rings (SSSR count). The monoisotopic (exact) mass is 419 g/mol. The van der Waals surface area contributed by atoms with E-state index in [0.29, 0.717) is 11.9 Å². The molecular weight excluding hydrogens is 386 g/mol. The van der Waals surface area contributed by atoms with Crippen molar-refractivity contribution in [2.75, 3.05) is 26.2 Å². The molecule has 1 aliphatic carbocycles. The van der Waals surface area contributed by atoms with Crippen LogP contribution in [0.5, 0.6) is 0 Å². The predicted molar refractivity (Wildman–Crippen MR) is 122 cm³/mol. The van der Waals surface area contributed by atoms with Gasteiger partial charge in [-0.3, -0.25) is 14.7 Å². The topological polar surface area (TPSA) is 56.7 Å². The Morgan fingerprint density at radius 1 is 0.935 bits per heavy atom. The van der Waals surface area contributed by atoms with E-state index in [4.69, 9.17) is 0 Å². The minimum absolute atomic E-state index is 0.151. The van der Waals surface area contributed by atoms with Gasteiger partial charge in [0.2, 0.25) is 5.91 Å². The zero-order chi connectivity index (χ0) is 21.2. The van der Waals surface area contributed by atoms with Gasteiger partial charge >= 0.3 is 0 Å². The molecular formula is C26H33N3O2. The van der Waals surface area contributed by atoms with E-state index in [-0.39, 0.29) is 24.5 Å². The van der Waals surface area contributed by atoms with E-state index in [1.165, 1.54) is 24.0 Å². The maximum Gasteiger partial charge on any atom is 0.225 e. The average Bonchev–Trinajstić information content (AvgIpc) is 3.34. The fourth-order valence-corrected chi connectivity index (χ4v) is 6.01. The SMILES string of the molecule is O=C(C1CCCC1)N1CCCCN2[C@@H](CO)[C@@H](c3ccc(-c4ccncc4)cc3)[C@@H]2C1. The van der Waals surface area contributed by atoms with Crippen molar-refractivity contribution in [1.29, 1.82) is 0 Å². The first-order chi connectivity index (χ1) is 15.3. The van der Waals surface area contributed by atoms with Crippen molar-refractivity contribution < 1.29 is 9.90 Å². The van der Waals surface area contributed by atoms with E-state index in [1.54, 1.807) is 0 Å². The summed E-state index contributed by atoms with van der Waals surface area (Å²) in [6.45, 7) is 2.87. The Morgan fingerprint density at radius 2 is 1.61 bits per heavy atom. The van der Waals surface area contributed by atoms with Crippen LogP contribution in [0.2, 0.25) is 0 Å². The molecule has 31 heavy (non-hydrogen) atoms. The zero-order valence-electron chi connectivity index (χ0n) is 18.2. The summed E-state index contributed by atoms with van der Waals surface area (Å²) < 4.78 is 0.